The molecular weight excluding hydrogens is 252 g/mol. The number of carbonyl (C=O) groups excluding carboxylic acids is 1. The van der Waals surface area contributed by atoms with Crippen molar-refractivity contribution in [1.29, 1.82) is 0 Å². The van der Waals surface area contributed by atoms with Gasteiger partial charge in [0.15, 0.2) is 0 Å². The van der Waals surface area contributed by atoms with Gasteiger partial charge in [-0.15, -0.1) is 0 Å². The van der Waals surface area contributed by atoms with E-state index in [0.29, 0.717) is 12.6 Å². The van der Waals surface area contributed by atoms with Crippen LogP contribution in [-0.4, -0.2) is 22.6 Å². The van der Waals surface area contributed by atoms with E-state index in [2.05, 4.69) is 5.32 Å². The minimum atomic E-state index is 0.0835. The Morgan fingerprint density at radius 2 is 2.20 bits per heavy atom. The van der Waals surface area contributed by atoms with E-state index < -0.39 is 0 Å². The van der Waals surface area contributed by atoms with E-state index >= 15 is 0 Å². The Bertz CT molecular complexity index is 626. The lowest BCUT2D eigenvalue weighted by atomic mass is 10.2. The molecule has 0 unspecified atom stereocenters. The second kappa shape index (κ2) is 5.19. The molecule has 4 heteroatoms. The van der Waals surface area contributed by atoms with Gasteiger partial charge < -0.3 is 14.6 Å². The Balaban J connectivity index is 1.83. The van der Waals surface area contributed by atoms with Crippen molar-refractivity contribution in [2.45, 2.75) is 45.4 Å². The number of ether oxygens (including phenoxy) is 1. The van der Waals surface area contributed by atoms with Crippen LogP contribution in [0.4, 0.5) is 0 Å². The van der Waals surface area contributed by atoms with Gasteiger partial charge in [-0.3, -0.25) is 4.79 Å². The van der Waals surface area contributed by atoms with E-state index in [1.54, 1.807) is 0 Å². The smallest absolute Gasteiger partial charge is 0.240 e. The predicted molar refractivity (Wildman–Crippen MR) is 78.9 cm³/mol. The maximum absolute atomic E-state index is 11.9. The molecule has 2 aromatic rings. The number of aromatic nitrogens is 1. The fraction of sp³-hybridized carbons (Fsp3) is 0.438. The van der Waals surface area contributed by atoms with E-state index in [1.165, 1.54) is 0 Å². The summed E-state index contributed by atoms with van der Waals surface area (Å²) >= 11 is 0. The monoisotopic (exact) mass is 272 g/mol. The number of amides is 1. The highest BCUT2D eigenvalue weighted by molar-refractivity contribution is 5.88. The first kappa shape index (κ1) is 13.0. The Labute approximate surface area is 118 Å². The number of fused-ring (bicyclic) bond motifs is 1. The van der Waals surface area contributed by atoms with Gasteiger partial charge in [-0.1, -0.05) is 6.07 Å². The molecule has 1 aromatic heterocycles. The van der Waals surface area contributed by atoms with E-state index in [9.17, 15) is 4.79 Å². The van der Waals surface area contributed by atoms with Crippen molar-refractivity contribution in [3.63, 3.8) is 0 Å². The molecule has 1 aliphatic carbocycles. The molecule has 0 radical (unpaired) electrons. The first-order valence-electron chi connectivity index (χ1n) is 7.17. The third kappa shape index (κ3) is 2.79. The second-order valence-electron chi connectivity index (χ2n) is 5.64. The number of benzene rings is 1. The van der Waals surface area contributed by atoms with Crippen LogP contribution in [0.25, 0.3) is 10.9 Å². The van der Waals surface area contributed by atoms with Gasteiger partial charge in [-0.25, -0.2) is 0 Å². The Hall–Kier alpha value is -1.97. The van der Waals surface area contributed by atoms with Crippen LogP contribution >= 0.6 is 0 Å². The number of rotatable bonds is 5. The molecule has 1 fully saturated rings. The summed E-state index contributed by atoms with van der Waals surface area (Å²) < 4.78 is 7.78. The van der Waals surface area contributed by atoms with Crippen molar-refractivity contribution < 1.29 is 9.53 Å². The standard InChI is InChI=1S/C16H20N2O2/c1-11(2)20-15-5-3-4-14-13(15)8-9-18(14)10-16(19)17-12-6-7-12/h3-5,8-9,11-12H,6-7,10H2,1-2H3,(H,17,19). The number of carbonyl (C=O) groups is 1. The largest absolute Gasteiger partial charge is 0.490 e. The molecule has 3 rings (SSSR count). The van der Waals surface area contributed by atoms with Crippen LogP contribution in [0.15, 0.2) is 30.5 Å². The average Bonchev–Trinajstić information content (AvgIpc) is 3.09. The third-order valence-corrected chi connectivity index (χ3v) is 3.39. The third-order valence-electron chi connectivity index (χ3n) is 3.39. The Kier molecular flexibility index (Phi) is 3.38. The lowest BCUT2D eigenvalue weighted by Gasteiger charge is -2.11. The SMILES string of the molecule is CC(C)Oc1cccc2c1ccn2CC(=O)NC1CC1. The minimum Gasteiger partial charge on any atom is -0.490 e. The zero-order chi connectivity index (χ0) is 14.1. The molecule has 1 aromatic carbocycles. The van der Waals surface area contributed by atoms with Crippen LogP contribution in [0.1, 0.15) is 26.7 Å². The summed E-state index contributed by atoms with van der Waals surface area (Å²) in [4.78, 5) is 11.9. The Morgan fingerprint density at radius 3 is 2.90 bits per heavy atom. The van der Waals surface area contributed by atoms with Gasteiger partial charge in [0.2, 0.25) is 5.91 Å². The highest BCUT2D eigenvalue weighted by Crippen LogP contribution is 2.27. The molecule has 1 N–H and O–H groups in total. The van der Waals surface area contributed by atoms with Gasteiger partial charge in [-0.05, 0) is 44.9 Å². The van der Waals surface area contributed by atoms with E-state index in [-0.39, 0.29) is 12.0 Å². The van der Waals surface area contributed by atoms with Crippen LogP contribution in [0.2, 0.25) is 0 Å². The fourth-order valence-electron chi connectivity index (χ4n) is 2.35. The van der Waals surface area contributed by atoms with Crippen molar-refractivity contribution in [2.75, 3.05) is 0 Å². The summed E-state index contributed by atoms with van der Waals surface area (Å²) in [5.74, 6) is 0.957. The van der Waals surface area contributed by atoms with Crippen molar-refractivity contribution in [3.8, 4) is 5.75 Å². The van der Waals surface area contributed by atoms with E-state index in [4.69, 9.17) is 4.74 Å². The van der Waals surface area contributed by atoms with Crippen molar-refractivity contribution in [1.82, 2.24) is 9.88 Å². The molecule has 1 amide bonds. The topological polar surface area (TPSA) is 43.3 Å². The molecule has 1 heterocycles. The minimum absolute atomic E-state index is 0.0835. The van der Waals surface area contributed by atoms with Crippen molar-refractivity contribution >= 4 is 16.8 Å². The van der Waals surface area contributed by atoms with Crippen LogP contribution in [-0.2, 0) is 11.3 Å². The summed E-state index contributed by atoms with van der Waals surface area (Å²) in [6.07, 6.45) is 4.32. The van der Waals surface area contributed by atoms with E-state index in [1.807, 2.05) is 48.9 Å². The Morgan fingerprint density at radius 1 is 1.40 bits per heavy atom. The molecule has 0 saturated heterocycles. The van der Waals surface area contributed by atoms with Crippen LogP contribution in [0.5, 0.6) is 5.75 Å². The molecule has 0 spiro atoms. The van der Waals surface area contributed by atoms with Gasteiger partial charge in [0.1, 0.15) is 12.3 Å². The van der Waals surface area contributed by atoms with Gasteiger partial charge in [0, 0.05) is 17.6 Å². The predicted octanol–water partition coefficient (Wildman–Crippen LogP) is 2.71. The summed E-state index contributed by atoms with van der Waals surface area (Å²) in [5.41, 5.74) is 1.04. The number of nitrogens with one attached hydrogen (secondary N) is 1. The highest BCUT2D eigenvalue weighted by Gasteiger charge is 2.23. The van der Waals surface area contributed by atoms with Crippen molar-refractivity contribution in [3.05, 3.63) is 30.5 Å². The summed E-state index contributed by atoms with van der Waals surface area (Å²) in [5, 5.41) is 4.07. The highest BCUT2D eigenvalue weighted by atomic mass is 16.5. The molecule has 1 saturated carbocycles. The maximum Gasteiger partial charge on any atom is 0.240 e. The van der Waals surface area contributed by atoms with Gasteiger partial charge in [0.05, 0.1) is 11.6 Å². The average molecular weight is 272 g/mol. The molecule has 106 valence electrons. The molecule has 4 nitrogen and oxygen atoms in total. The fourth-order valence-corrected chi connectivity index (χ4v) is 2.35. The normalized spacial score (nSPS) is 14.8. The van der Waals surface area contributed by atoms with Crippen LogP contribution in [0.3, 0.4) is 0 Å². The molecule has 0 aliphatic heterocycles. The van der Waals surface area contributed by atoms with Crippen molar-refractivity contribution in [2.24, 2.45) is 0 Å². The second-order valence-corrected chi connectivity index (χ2v) is 5.64. The maximum atomic E-state index is 11.9. The quantitative estimate of drug-likeness (QED) is 0.909. The zero-order valence-corrected chi connectivity index (χ0v) is 11.9. The number of nitrogens with zero attached hydrogens (tertiary/aromatic N) is 1. The van der Waals surface area contributed by atoms with E-state index in [0.717, 1.165) is 29.5 Å². The van der Waals surface area contributed by atoms with Gasteiger partial charge in [-0.2, -0.15) is 0 Å². The lowest BCUT2D eigenvalue weighted by molar-refractivity contribution is -0.121. The molecule has 20 heavy (non-hydrogen) atoms. The molecule has 0 atom stereocenters. The number of hydrogen-bond donors (Lipinski definition) is 1. The summed E-state index contributed by atoms with van der Waals surface area (Å²) in [6, 6.07) is 8.38. The zero-order valence-electron chi connectivity index (χ0n) is 11.9. The first-order valence-corrected chi connectivity index (χ1v) is 7.17. The molecule has 1 aliphatic rings. The molecular formula is C16H20N2O2. The molecule has 0 bridgehead atoms. The van der Waals surface area contributed by atoms with Crippen LogP contribution in [0, 0.1) is 0 Å². The lowest BCUT2D eigenvalue weighted by Crippen LogP contribution is -2.28. The summed E-state index contributed by atoms with van der Waals surface area (Å²) in [7, 11) is 0. The number of hydrogen-bond acceptors (Lipinski definition) is 2. The first-order chi connectivity index (χ1) is 9.63. The van der Waals surface area contributed by atoms with Crippen LogP contribution < -0.4 is 10.1 Å². The van der Waals surface area contributed by atoms with Gasteiger partial charge >= 0.3 is 0 Å². The summed E-state index contributed by atoms with van der Waals surface area (Å²) in [6.45, 7) is 4.39. The van der Waals surface area contributed by atoms with Gasteiger partial charge in [0.25, 0.3) is 0 Å².